The smallest absolute Gasteiger partial charge is 0.154 e. The summed E-state index contributed by atoms with van der Waals surface area (Å²) >= 11 is 0. The topological polar surface area (TPSA) is 42.7 Å². The molecular formula is C17H16N4. The van der Waals surface area contributed by atoms with E-state index >= 15 is 0 Å². The zero-order valence-electron chi connectivity index (χ0n) is 12.0. The minimum atomic E-state index is 0.393. The Hall–Kier alpha value is -2.62. The molecule has 0 fully saturated rings. The van der Waals surface area contributed by atoms with Crippen LogP contribution >= 0.6 is 0 Å². The summed E-state index contributed by atoms with van der Waals surface area (Å²) in [6.07, 6.45) is 3.78. The van der Waals surface area contributed by atoms with Crippen LogP contribution in [0.3, 0.4) is 0 Å². The van der Waals surface area contributed by atoms with E-state index in [1.807, 2.05) is 30.6 Å². The van der Waals surface area contributed by atoms with Crippen LogP contribution in [0.15, 0.2) is 48.8 Å². The van der Waals surface area contributed by atoms with E-state index in [0.29, 0.717) is 5.92 Å². The molecule has 0 atom stereocenters. The number of nitrogens with one attached hydrogen (secondary N) is 1. The van der Waals surface area contributed by atoms with Gasteiger partial charge in [0.15, 0.2) is 5.82 Å². The third-order valence-electron chi connectivity index (χ3n) is 3.83. The lowest BCUT2D eigenvalue weighted by Gasteiger charge is -2.13. The van der Waals surface area contributed by atoms with Gasteiger partial charge in [-0.2, -0.15) is 0 Å². The van der Waals surface area contributed by atoms with Crippen LogP contribution in [0.4, 0.5) is 11.5 Å². The molecule has 0 aliphatic carbocycles. The highest BCUT2D eigenvalue weighted by Gasteiger charge is 2.23. The molecule has 0 spiro atoms. The number of nitrogens with zero attached hydrogens (tertiary/aromatic N) is 3. The molecule has 4 heteroatoms. The van der Waals surface area contributed by atoms with E-state index < -0.39 is 0 Å². The van der Waals surface area contributed by atoms with Crippen molar-refractivity contribution in [1.29, 1.82) is 0 Å². The number of anilines is 2. The zero-order valence-corrected chi connectivity index (χ0v) is 12.0. The molecule has 2 aromatic heterocycles. The normalized spacial score (nSPS) is 12.1. The van der Waals surface area contributed by atoms with Crippen LogP contribution in [0.5, 0.6) is 0 Å². The van der Waals surface area contributed by atoms with Gasteiger partial charge in [0.1, 0.15) is 5.82 Å². The second kappa shape index (κ2) is 4.45. The number of pyridine rings is 1. The monoisotopic (exact) mass is 276 g/mol. The van der Waals surface area contributed by atoms with Gasteiger partial charge in [0, 0.05) is 23.7 Å². The minimum absolute atomic E-state index is 0.393. The molecule has 1 N–H and O–H groups in total. The fraction of sp³-hybridized carbons (Fsp3) is 0.176. The Morgan fingerprint density at radius 1 is 1.05 bits per heavy atom. The molecule has 0 radical (unpaired) electrons. The predicted molar refractivity (Wildman–Crippen MR) is 84.2 cm³/mol. The number of hydrogen-bond donors (Lipinski definition) is 1. The summed E-state index contributed by atoms with van der Waals surface area (Å²) < 4.78 is 2.21. The number of aromatic nitrogens is 3. The molecule has 1 aromatic carbocycles. The maximum atomic E-state index is 4.67. The summed E-state index contributed by atoms with van der Waals surface area (Å²) in [5.41, 5.74) is 4.38. The largest absolute Gasteiger partial charge is 0.338 e. The fourth-order valence-electron chi connectivity index (χ4n) is 2.80. The van der Waals surface area contributed by atoms with Crippen molar-refractivity contribution in [2.24, 2.45) is 0 Å². The molecule has 3 heterocycles. The summed E-state index contributed by atoms with van der Waals surface area (Å²) in [4.78, 5) is 9.17. The van der Waals surface area contributed by atoms with E-state index in [4.69, 9.17) is 0 Å². The van der Waals surface area contributed by atoms with Crippen molar-refractivity contribution in [3.63, 3.8) is 0 Å². The van der Waals surface area contributed by atoms with Gasteiger partial charge in [0.2, 0.25) is 0 Å². The van der Waals surface area contributed by atoms with Crippen LogP contribution < -0.4 is 5.32 Å². The Bertz CT molecular complexity index is 817. The molecule has 1 aliphatic heterocycles. The predicted octanol–water partition coefficient (Wildman–Crippen LogP) is 4.11. The van der Waals surface area contributed by atoms with Gasteiger partial charge in [-0.15, -0.1) is 0 Å². The van der Waals surface area contributed by atoms with E-state index in [1.165, 1.54) is 5.69 Å². The Kier molecular flexibility index (Phi) is 2.57. The highest BCUT2D eigenvalue weighted by molar-refractivity contribution is 5.83. The first kappa shape index (κ1) is 12.1. The van der Waals surface area contributed by atoms with Crippen LogP contribution in [0, 0.1) is 0 Å². The number of para-hydroxylation sites is 1. The first-order valence-corrected chi connectivity index (χ1v) is 7.15. The molecule has 4 rings (SSSR count). The number of rotatable bonds is 1. The maximum absolute atomic E-state index is 4.67. The van der Waals surface area contributed by atoms with Crippen molar-refractivity contribution in [3.8, 4) is 17.1 Å². The summed E-state index contributed by atoms with van der Waals surface area (Å²) in [5.74, 6) is 2.22. The van der Waals surface area contributed by atoms with Crippen molar-refractivity contribution in [2.75, 3.05) is 5.32 Å². The van der Waals surface area contributed by atoms with Crippen LogP contribution in [-0.2, 0) is 0 Å². The SMILES string of the molecule is CC(C)c1cnc2n1-c1cccnc1Nc1ccccc1-2. The lowest BCUT2D eigenvalue weighted by Crippen LogP contribution is -2.04. The molecule has 0 saturated carbocycles. The molecule has 104 valence electrons. The number of imidazole rings is 1. The van der Waals surface area contributed by atoms with Gasteiger partial charge in [0.25, 0.3) is 0 Å². The van der Waals surface area contributed by atoms with Gasteiger partial charge in [-0.05, 0) is 30.2 Å². The highest BCUT2D eigenvalue weighted by atomic mass is 15.2. The molecule has 0 unspecified atom stereocenters. The first-order valence-electron chi connectivity index (χ1n) is 7.15. The van der Waals surface area contributed by atoms with Crippen LogP contribution in [0.1, 0.15) is 25.5 Å². The highest BCUT2D eigenvalue weighted by Crippen LogP contribution is 2.38. The summed E-state index contributed by atoms with van der Waals surface area (Å²) in [6.45, 7) is 4.37. The summed E-state index contributed by atoms with van der Waals surface area (Å²) in [5, 5.41) is 3.43. The summed E-state index contributed by atoms with van der Waals surface area (Å²) in [7, 11) is 0. The third kappa shape index (κ3) is 1.76. The number of hydrogen-bond acceptors (Lipinski definition) is 3. The summed E-state index contributed by atoms with van der Waals surface area (Å²) in [6, 6.07) is 12.3. The molecule has 0 bridgehead atoms. The van der Waals surface area contributed by atoms with Gasteiger partial charge in [-0.25, -0.2) is 9.97 Å². The Balaban J connectivity index is 2.11. The standard InChI is InChI=1S/C17H16N4/c1-11(2)15-10-19-17-12-6-3-4-7-13(12)20-16-14(21(15)17)8-5-9-18-16/h3-11H,1-2H3,(H,18,20). The number of fused-ring (bicyclic) bond motifs is 5. The molecule has 21 heavy (non-hydrogen) atoms. The lowest BCUT2D eigenvalue weighted by atomic mass is 10.1. The van der Waals surface area contributed by atoms with E-state index in [-0.39, 0.29) is 0 Å². The molecule has 3 aromatic rings. The number of benzene rings is 1. The van der Waals surface area contributed by atoms with Crippen molar-refractivity contribution >= 4 is 11.5 Å². The van der Waals surface area contributed by atoms with Gasteiger partial charge >= 0.3 is 0 Å². The second-order valence-corrected chi connectivity index (χ2v) is 5.54. The first-order chi connectivity index (χ1) is 10.3. The van der Waals surface area contributed by atoms with E-state index in [1.54, 1.807) is 0 Å². The Morgan fingerprint density at radius 2 is 1.90 bits per heavy atom. The van der Waals surface area contributed by atoms with Gasteiger partial charge in [-0.3, -0.25) is 4.57 Å². The zero-order chi connectivity index (χ0) is 14.4. The van der Waals surface area contributed by atoms with Gasteiger partial charge in [-0.1, -0.05) is 26.0 Å². The van der Waals surface area contributed by atoms with Gasteiger partial charge in [0.05, 0.1) is 11.4 Å². The average molecular weight is 276 g/mol. The van der Waals surface area contributed by atoms with E-state index in [0.717, 1.165) is 28.6 Å². The van der Waals surface area contributed by atoms with E-state index in [2.05, 4.69) is 51.9 Å². The lowest BCUT2D eigenvalue weighted by molar-refractivity contribution is 0.790. The average Bonchev–Trinajstić information content (AvgIpc) is 2.88. The maximum Gasteiger partial charge on any atom is 0.154 e. The molecule has 0 amide bonds. The van der Waals surface area contributed by atoms with Crippen LogP contribution in [0.2, 0.25) is 0 Å². The van der Waals surface area contributed by atoms with Crippen LogP contribution in [-0.4, -0.2) is 14.5 Å². The van der Waals surface area contributed by atoms with Crippen molar-refractivity contribution in [2.45, 2.75) is 19.8 Å². The van der Waals surface area contributed by atoms with Crippen molar-refractivity contribution in [1.82, 2.24) is 14.5 Å². The molecule has 4 nitrogen and oxygen atoms in total. The minimum Gasteiger partial charge on any atom is -0.338 e. The van der Waals surface area contributed by atoms with E-state index in [9.17, 15) is 0 Å². The molecular weight excluding hydrogens is 260 g/mol. The Morgan fingerprint density at radius 3 is 2.76 bits per heavy atom. The van der Waals surface area contributed by atoms with Crippen molar-refractivity contribution in [3.05, 3.63) is 54.5 Å². The van der Waals surface area contributed by atoms with Crippen LogP contribution in [0.25, 0.3) is 17.1 Å². The Labute approximate surface area is 123 Å². The third-order valence-corrected chi connectivity index (χ3v) is 3.83. The molecule has 1 aliphatic rings. The fourth-order valence-corrected chi connectivity index (χ4v) is 2.80. The second-order valence-electron chi connectivity index (χ2n) is 5.54. The molecule has 0 saturated heterocycles. The van der Waals surface area contributed by atoms with Crippen molar-refractivity contribution < 1.29 is 0 Å². The van der Waals surface area contributed by atoms with Gasteiger partial charge < -0.3 is 5.32 Å². The quantitative estimate of drug-likeness (QED) is 0.569.